The molecule has 4 rings (SSSR count). The fraction of sp³-hybridized carbons (Fsp3) is 0.304. The van der Waals surface area contributed by atoms with Gasteiger partial charge in [-0.3, -0.25) is 9.48 Å². The van der Waals surface area contributed by atoms with Crippen molar-refractivity contribution < 1.29 is 39.9 Å². The number of carboxylic acid groups (broad SMARTS) is 1. The lowest BCUT2D eigenvalue weighted by molar-refractivity contribution is -0.138. The number of halogens is 4. The minimum Gasteiger partial charge on any atom is -0.480 e. The van der Waals surface area contributed by atoms with E-state index in [-0.39, 0.29) is 9.92 Å². The monoisotopic (exact) mass is 591 g/mol. The van der Waals surface area contributed by atoms with E-state index in [9.17, 15) is 34.8 Å². The highest BCUT2D eigenvalue weighted by Gasteiger charge is 2.38. The highest BCUT2D eigenvalue weighted by Crippen LogP contribution is 2.39. The van der Waals surface area contributed by atoms with Gasteiger partial charge in [-0.1, -0.05) is 11.6 Å². The summed E-state index contributed by atoms with van der Waals surface area (Å²) in [5.74, 6) is -1.14. The average molecular weight is 592 g/mol. The van der Waals surface area contributed by atoms with Crippen LogP contribution in [0.1, 0.15) is 35.7 Å². The van der Waals surface area contributed by atoms with Crippen LogP contribution in [0.5, 0.6) is 0 Å². The molecule has 0 amide bonds. The molecular formula is C23H21ClF3N3O6S2. The van der Waals surface area contributed by atoms with Gasteiger partial charge >= 0.3 is 12.1 Å². The zero-order valence-electron chi connectivity index (χ0n) is 19.7. The van der Waals surface area contributed by atoms with Gasteiger partial charge in [0, 0.05) is 23.3 Å². The van der Waals surface area contributed by atoms with E-state index in [2.05, 4.69) is 5.10 Å². The highest BCUT2D eigenvalue weighted by atomic mass is 35.5. The van der Waals surface area contributed by atoms with Crippen LogP contribution in [0.2, 0.25) is 5.02 Å². The van der Waals surface area contributed by atoms with Crippen molar-refractivity contribution in [2.75, 3.05) is 7.05 Å². The Hall–Kier alpha value is -2.94. The Balaban J connectivity index is 1.81. The molecule has 0 spiro atoms. The number of fused-ring (bicyclic) bond motifs is 1. The Morgan fingerprint density at radius 3 is 2.34 bits per heavy atom. The van der Waals surface area contributed by atoms with Gasteiger partial charge in [-0.2, -0.15) is 22.6 Å². The van der Waals surface area contributed by atoms with Crippen LogP contribution in [-0.4, -0.2) is 49.0 Å². The van der Waals surface area contributed by atoms with E-state index in [0.717, 1.165) is 16.4 Å². The average Bonchev–Trinajstić information content (AvgIpc) is 3.25. The SMILES string of the molecule is CN([C@@H]1CCCc2c1cnn2CC(=O)O)S(=O)(=O)c1cc(C(F)(F)F)cc(S(=O)(=O)c2ccc(Cl)cc2)c1. The van der Waals surface area contributed by atoms with Gasteiger partial charge in [0.1, 0.15) is 6.54 Å². The van der Waals surface area contributed by atoms with E-state index < -0.39 is 59.9 Å². The van der Waals surface area contributed by atoms with E-state index in [4.69, 9.17) is 16.7 Å². The molecule has 0 saturated heterocycles. The maximum atomic E-state index is 13.8. The van der Waals surface area contributed by atoms with Crippen LogP contribution < -0.4 is 0 Å². The van der Waals surface area contributed by atoms with E-state index in [0.29, 0.717) is 48.7 Å². The first-order valence-electron chi connectivity index (χ1n) is 11.1. The Labute approximate surface area is 221 Å². The van der Waals surface area contributed by atoms with Crippen molar-refractivity contribution in [1.29, 1.82) is 0 Å². The molecule has 0 saturated carbocycles. The van der Waals surface area contributed by atoms with E-state index >= 15 is 0 Å². The first-order chi connectivity index (χ1) is 17.6. The molecule has 1 aliphatic carbocycles. The molecule has 1 N–H and O–H groups in total. The number of hydrogen-bond acceptors (Lipinski definition) is 6. The van der Waals surface area contributed by atoms with Crippen LogP contribution in [0.15, 0.2) is 63.3 Å². The van der Waals surface area contributed by atoms with E-state index in [1.165, 1.54) is 30.1 Å². The van der Waals surface area contributed by atoms with Gasteiger partial charge in [0.25, 0.3) is 0 Å². The second-order valence-corrected chi connectivity index (χ2v) is 13.1. The number of rotatable bonds is 7. The van der Waals surface area contributed by atoms with Gasteiger partial charge in [-0.25, -0.2) is 16.8 Å². The summed E-state index contributed by atoms with van der Waals surface area (Å²) in [5.41, 5.74) is -0.497. The minimum absolute atomic E-state index is 0.205. The Kier molecular flexibility index (Phi) is 7.38. The van der Waals surface area contributed by atoms with Crippen LogP contribution in [0, 0.1) is 0 Å². The lowest BCUT2D eigenvalue weighted by atomic mass is 9.93. The normalized spacial score (nSPS) is 16.4. The minimum atomic E-state index is -5.04. The summed E-state index contributed by atoms with van der Waals surface area (Å²) in [6.07, 6.45) is -2.47. The molecule has 0 aliphatic heterocycles. The standard InChI is InChI=1S/C23H21ClF3N3O6S2/c1-29(20-3-2-4-21-19(20)12-28-30(21)13-22(31)32)38(35,36)18-10-14(23(25,26)27)9-17(11-18)37(33,34)16-7-5-15(24)6-8-16/h5-12,20H,2-4,13H2,1H3,(H,31,32)/t20-/m1/s1. The molecule has 0 bridgehead atoms. The molecule has 2 aromatic carbocycles. The van der Waals surface area contributed by atoms with E-state index in [1.807, 2.05) is 0 Å². The molecule has 1 heterocycles. The third kappa shape index (κ3) is 5.30. The van der Waals surface area contributed by atoms with Gasteiger partial charge in [-0.15, -0.1) is 0 Å². The quantitative estimate of drug-likeness (QED) is 0.437. The second kappa shape index (κ2) is 9.98. The highest BCUT2D eigenvalue weighted by molar-refractivity contribution is 7.91. The topological polar surface area (TPSA) is 127 Å². The molecule has 9 nitrogen and oxygen atoms in total. The van der Waals surface area contributed by atoms with E-state index in [1.54, 1.807) is 0 Å². The maximum absolute atomic E-state index is 13.8. The van der Waals surface area contributed by atoms with Crippen LogP contribution >= 0.6 is 11.6 Å². The molecule has 1 aromatic heterocycles. The molecule has 0 fully saturated rings. The summed E-state index contributed by atoms with van der Waals surface area (Å²) in [4.78, 5) is 9.08. The zero-order chi connectivity index (χ0) is 28.0. The fourth-order valence-electron chi connectivity index (χ4n) is 4.36. The largest absolute Gasteiger partial charge is 0.480 e. The molecule has 1 aliphatic rings. The summed E-state index contributed by atoms with van der Waals surface area (Å²) in [6.45, 7) is -0.432. The molecule has 3 aromatic rings. The third-order valence-electron chi connectivity index (χ3n) is 6.27. The Morgan fingerprint density at radius 1 is 1.11 bits per heavy atom. The zero-order valence-corrected chi connectivity index (χ0v) is 22.1. The van der Waals surface area contributed by atoms with Crippen LogP contribution in [0.4, 0.5) is 13.2 Å². The number of alkyl halides is 3. The number of hydrogen-bond donors (Lipinski definition) is 1. The molecule has 0 unspecified atom stereocenters. The van der Waals surface area contributed by atoms with Crippen molar-refractivity contribution in [2.24, 2.45) is 0 Å². The van der Waals surface area contributed by atoms with Gasteiger partial charge in [0.05, 0.1) is 32.5 Å². The lowest BCUT2D eigenvalue weighted by Gasteiger charge is -2.31. The lowest BCUT2D eigenvalue weighted by Crippen LogP contribution is -2.33. The van der Waals surface area contributed by atoms with Crippen LogP contribution in [0.25, 0.3) is 0 Å². The summed E-state index contributed by atoms with van der Waals surface area (Å²) in [7, 11) is -8.02. The smallest absolute Gasteiger partial charge is 0.416 e. The van der Waals surface area contributed by atoms with Crippen molar-refractivity contribution in [2.45, 2.75) is 52.7 Å². The molecule has 204 valence electrons. The summed E-state index contributed by atoms with van der Waals surface area (Å²) in [5, 5.41) is 13.3. The number of sulfone groups is 1. The number of aliphatic carboxylic acids is 1. The number of sulfonamides is 1. The molecular weight excluding hydrogens is 571 g/mol. The first-order valence-corrected chi connectivity index (χ1v) is 14.4. The molecule has 38 heavy (non-hydrogen) atoms. The molecule has 0 radical (unpaired) electrons. The number of carbonyl (C=O) groups is 1. The summed E-state index contributed by atoms with van der Waals surface area (Å²) >= 11 is 5.79. The third-order valence-corrected chi connectivity index (χ3v) is 10.1. The van der Waals surface area contributed by atoms with Crippen molar-refractivity contribution in [3.8, 4) is 0 Å². The van der Waals surface area contributed by atoms with Gasteiger partial charge < -0.3 is 5.11 Å². The van der Waals surface area contributed by atoms with Crippen LogP contribution in [0.3, 0.4) is 0 Å². The van der Waals surface area contributed by atoms with Crippen molar-refractivity contribution >= 4 is 37.4 Å². The van der Waals surface area contributed by atoms with Crippen LogP contribution in [-0.2, 0) is 43.8 Å². The van der Waals surface area contributed by atoms with Crippen molar-refractivity contribution in [3.63, 3.8) is 0 Å². The van der Waals surface area contributed by atoms with Gasteiger partial charge in [0.2, 0.25) is 19.9 Å². The molecule has 15 heteroatoms. The molecule has 1 atom stereocenters. The number of nitrogens with zero attached hydrogens (tertiary/aromatic N) is 3. The maximum Gasteiger partial charge on any atom is 0.416 e. The summed E-state index contributed by atoms with van der Waals surface area (Å²) in [6, 6.07) is 5.34. The van der Waals surface area contributed by atoms with Gasteiger partial charge in [0.15, 0.2) is 0 Å². The Morgan fingerprint density at radius 2 is 1.74 bits per heavy atom. The fourth-order valence-corrected chi connectivity index (χ4v) is 7.33. The van der Waals surface area contributed by atoms with Gasteiger partial charge in [-0.05, 0) is 61.7 Å². The first kappa shape index (κ1) is 28.1. The predicted octanol–water partition coefficient (Wildman–Crippen LogP) is 4.17. The number of carboxylic acids is 1. The second-order valence-electron chi connectivity index (χ2n) is 8.68. The van der Waals surface area contributed by atoms with Crippen molar-refractivity contribution in [3.05, 3.63) is 70.5 Å². The predicted molar refractivity (Wildman–Crippen MR) is 129 cm³/mol. The number of aromatic nitrogens is 2. The number of benzene rings is 2. The summed E-state index contributed by atoms with van der Waals surface area (Å²) < 4.78 is 96.9. The Bertz CT molecular complexity index is 1600. The van der Waals surface area contributed by atoms with Crippen molar-refractivity contribution in [1.82, 2.24) is 14.1 Å².